The van der Waals surface area contributed by atoms with Crippen molar-refractivity contribution in [3.05, 3.63) is 34.4 Å². The van der Waals surface area contributed by atoms with Gasteiger partial charge in [0.15, 0.2) is 0 Å². The highest BCUT2D eigenvalue weighted by molar-refractivity contribution is 9.10. The third kappa shape index (κ3) is 3.24. The van der Waals surface area contributed by atoms with Crippen LogP contribution in [0.1, 0.15) is 31.9 Å². The summed E-state index contributed by atoms with van der Waals surface area (Å²) in [6.45, 7) is 4.40. The SMILES string of the molecule is CC(C)C[C@H](N)c1c[nH]c2ccc(Br)cc12.Cl. The molecule has 2 rings (SSSR count). The molecule has 17 heavy (non-hydrogen) atoms. The first kappa shape index (κ1) is 14.6. The van der Waals surface area contributed by atoms with Crippen LogP contribution in [0.15, 0.2) is 28.9 Å². The van der Waals surface area contributed by atoms with Crippen molar-refractivity contribution in [2.75, 3.05) is 0 Å². The van der Waals surface area contributed by atoms with Crippen LogP contribution in [0, 0.1) is 5.92 Å². The zero-order valence-electron chi connectivity index (χ0n) is 10.0. The first-order valence-corrected chi connectivity index (χ1v) is 6.39. The Morgan fingerprint density at radius 3 is 2.71 bits per heavy atom. The van der Waals surface area contributed by atoms with Crippen molar-refractivity contribution in [2.45, 2.75) is 26.3 Å². The lowest BCUT2D eigenvalue weighted by Gasteiger charge is -2.13. The molecule has 0 radical (unpaired) electrons. The fraction of sp³-hybridized carbons (Fsp3) is 0.385. The minimum atomic E-state index is 0. The molecule has 0 bridgehead atoms. The number of H-pyrrole nitrogens is 1. The number of nitrogens with two attached hydrogens (primary N) is 1. The number of halogens is 2. The van der Waals surface area contributed by atoms with Crippen LogP contribution in [0.5, 0.6) is 0 Å². The number of benzene rings is 1. The molecule has 0 fully saturated rings. The zero-order chi connectivity index (χ0) is 11.7. The van der Waals surface area contributed by atoms with Gasteiger partial charge in [0.1, 0.15) is 0 Å². The standard InChI is InChI=1S/C13H17BrN2.ClH/c1-8(2)5-12(15)11-7-16-13-4-3-9(14)6-10(11)13;/h3-4,6-8,12,16H,5,15H2,1-2H3;1H/t12-;/m0./s1. The molecule has 0 amide bonds. The molecule has 1 atom stereocenters. The lowest BCUT2D eigenvalue weighted by Crippen LogP contribution is -2.12. The second-order valence-electron chi connectivity index (χ2n) is 4.67. The molecule has 94 valence electrons. The average Bonchev–Trinajstić information content (AvgIpc) is 2.59. The maximum absolute atomic E-state index is 6.22. The second-order valence-corrected chi connectivity index (χ2v) is 5.59. The van der Waals surface area contributed by atoms with Gasteiger partial charge < -0.3 is 10.7 Å². The summed E-state index contributed by atoms with van der Waals surface area (Å²) in [7, 11) is 0. The van der Waals surface area contributed by atoms with E-state index >= 15 is 0 Å². The van der Waals surface area contributed by atoms with Crippen LogP contribution in [0.4, 0.5) is 0 Å². The molecule has 0 aliphatic rings. The summed E-state index contributed by atoms with van der Waals surface area (Å²) in [5.74, 6) is 0.618. The number of fused-ring (bicyclic) bond motifs is 1. The van der Waals surface area contributed by atoms with E-state index < -0.39 is 0 Å². The summed E-state index contributed by atoms with van der Waals surface area (Å²) < 4.78 is 1.09. The van der Waals surface area contributed by atoms with E-state index in [0.717, 1.165) is 16.4 Å². The van der Waals surface area contributed by atoms with Crippen molar-refractivity contribution in [2.24, 2.45) is 11.7 Å². The summed E-state index contributed by atoms with van der Waals surface area (Å²) in [6, 6.07) is 6.35. The summed E-state index contributed by atoms with van der Waals surface area (Å²) in [4.78, 5) is 3.27. The quantitative estimate of drug-likeness (QED) is 0.865. The Balaban J connectivity index is 0.00000144. The van der Waals surface area contributed by atoms with Gasteiger partial charge in [0.25, 0.3) is 0 Å². The molecule has 0 spiro atoms. The molecular formula is C13H18BrClN2. The maximum Gasteiger partial charge on any atom is 0.0458 e. The van der Waals surface area contributed by atoms with Gasteiger partial charge in [-0.1, -0.05) is 29.8 Å². The minimum absolute atomic E-state index is 0. The van der Waals surface area contributed by atoms with Crippen LogP contribution in [-0.2, 0) is 0 Å². The van der Waals surface area contributed by atoms with E-state index in [4.69, 9.17) is 5.73 Å². The Morgan fingerprint density at radius 2 is 2.06 bits per heavy atom. The highest BCUT2D eigenvalue weighted by Crippen LogP contribution is 2.28. The molecule has 2 nitrogen and oxygen atoms in total. The van der Waals surface area contributed by atoms with Crippen LogP contribution in [0.3, 0.4) is 0 Å². The fourth-order valence-corrected chi connectivity index (χ4v) is 2.42. The summed E-state index contributed by atoms with van der Waals surface area (Å²) in [5, 5.41) is 1.22. The molecule has 4 heteroatoms. The van der Waals surface area contributed by atoms with Gasteiger partial charge >= 0.3 is 0 Å². The van der Waals surface area contributed by atoms with Crippen molar-refractivity contribution in [1.29, 1.82) is 0 Å². The molecule has 3 N–H and O–H groups in total. The third-order valence-electron chi connectivity index (χ3n) is 2.80. The number of hydrogen-bond acceptors (Lipinski definition) is 1. The van der Waals surface area contributed by atoms with E-state index in [0.29, 0.717) is 5.92 Å². The highest BCUT2D eigenvalue weighted by Gasteiger charge is 2.13. The summed E-state index contributed by atoms with van der Waals surface area (Å²) in [5.41, 5.74) is 8.58. The lowest BCUT2D eigenvalue weighted by molar-refractivity contribution is 0.512. The van der Waals surface area contributed by atoms with Crippen molar-refractivity contribution in [3.8, 4) is 0 Å². The van der Waals surface area contributed by atoms with Gasteiger partial charge in [0, 0.05) is 27.6 Å². The Hall–Kier alpha value is -0.510. The molecule has 0 saturated carbocycles. The number of aromatic amines is 1. The Kier molecular flexibility index (Phi) is 5.04. The van der Waals surface area contributed by atoms with E-state index in [1.807, 2.05) is 12.3 Å². The molecule has 0 aliphatic heterocycles. The van der Waals surface area contributed by atoms with Crippen LogP contribution in [-0.4, -0.2) is 4.98 Å². The summed E-state index contributed by atoms with van der Waals surface area (Å²) >= 11 is 3.50. The van der Waals surface area contributed by atoms with Crippen molar-refractivity contribution >= 4 is 39.2 Å². The smallest absolute Gasteiger partial charge is 0.0458 e. The number of rotatable bonds is 3. The molecule has 0 unspecified atom stereocenters. The molecular weight excluding hydrogens is 300 g/mol. The van der Waals surface area contributed by atoms with Crippen LogP contribution in [0.2, 0.25) is 0 Å². The van der Waals surface area contributed by atoms with Crippen molar-refractivity contribution in [1.82, 2.24) is 4.98 Å². The Labute approximate surface area is 117 Å². The second kappa shape index (κ2) is 5.89. The molecule has 0 saturated heterocycles. The molecule has 1 heterocycles. The Bertz CT molecular complexity index is 493. The van der Waals surface area contributed by atoms with E-state index in [9.17, 15) is 0 Å². The van der Waals surface area contributed by atoms with Gasteiger partial charge in [-0.3, -0.25) is 0 Å². The van der Waals surface area contributed by atoms with Gasteiger partial charge in [-0.25, -0.2) is 0 Å². The van der Waals surface area contributed by atoms with Gasteiger partial charge in [-0.2, -0.15) is 0 Å². The lowest BCUT2D eigenvalue weighted by atomic mass is 9.97. The third-order valence-corrected chi connectivity index (χ3v) is 3.29. The predicted octanol–water partition coefficient (Wildman–Crippen LogP) is 4.40. The average molecular weight is 318 g/mol. The van der Waals surface area contributed by atoms with E-state index in [1.54, 1.807) is 0 Å². The largest absolute Gasteiger partial charge is 0.361 e. The predicted molar refractivity (Wildman–Crippen MR) is 79.6 cm³/mol. The molecule has 0 aliphatic carbocycles. The van der Waals surface area contributed by atoms with Crippen LogP contribution in [0.25, 0.3) is 10.9 Å². The first-order valence-electron chi connectivity index (χ1n) is 5.60. The first-order chi connectivity index (χ1) is 7.58. The highest BCUT2D eigenvalue weighted by atomic mass is 79.9. The van der Waals surface area contributed by atoms with Gasteiger partial charge in [-0.05, 0) is 36.1 Å². The van der Waals surface area contributed by atoms with E-state index in [2.05, 4.69) is 46.9 Å². The molecule has 2 aromatic rings. The van der Waals surface area contributed by atoms with E-state index in [-0.39, 0.29) is 18.4 Å². The van der Waals surface area contributed by atoms with Crippen molar-refractivity contribution < 1.29 is 0 Å². The zero-order valence-corrected chi connectivity index (χ0v) is 12.4. The van der Waals surface area contributed by atoms with Gasteiger partial charge in [0.2, 0.25) is 0 Å². The number of aromatic nitrogens is 1. The number of hydrogen-bond donors (Lipinski definition) is 2. The topological polar surface area (TPSA) is 41.8 Å². The maximum atomic E-state index is 6.22. The Morgan fingerprint density at radius 1 is 1.35 bits per heavy atom. The van der Waals surface area contributed by atoms with Gasteiger partial charge in [-0.15, -0.1) is 12.4 Å². The molecule has 1 aromatic heterocycles. The number of nitrogens with one attached hydrogen (secondary N) is 1. The summed E-state index contributed by atoms with van der Waals surface area (Å²) in [6.07, 6.45) is 3.05. The fourth-order valence-electron chi connectivity index (χ4n) is 2.06. The minimum Gasteiger partial charge on any atom is -0.361 e. The van der Waals surface area contributed by atoms with Crippen molar-refractivity contribution in [3.63, 3.8) is 0 Å². The van der Waals surface area contributed by atoms with Gasteiger partial charge in [0.05, 0.1) is 0 Å². The molecule has 1 aromatic carbocycles. The normalized spacial score (nSPS) is 12.8. The van der Waals surface area contributed by atoms with Crippen LogP contribution >= 0.6 is 28.3 Å². The monoisotopic (exact) mass is 316 g/mol. The van der Waals surface area contributed by atoms with Crippen LogP contribution < -0.4 is 5.73 Å². The van der Waals surface area contributed by atoms with E-state index in [1.165, 1.54) is 10.9 Å².